The number of piperidine rings is 1. The molecule has 150 valence electrons. The Hall–Kier alpha value is -2.08. The molecule has 1 amide bonds. The van der Waals surface area contributed by atoms with E-state index >= 15 is 0 Å². The fourth-order valence-electron chi connectivity index (χ4n) is 3.62. The van der Waals surface area contributed by atoms with Crippen LogP contribution < -0.4 is 5.73 Å². The highest BCUT2D eigenvalue weighted by Gasteiger charge is 2.36. The van der Waals surface area contributed by atoms with Crippen molar-refractivity contribution in [3.05, 3.63) is 54.3 Å². The normalized spacial score (nSPS) is 18.2. The van der Waals surface area contributed by atoms with E-state index in [2.05, 4.69) is 18.8 Å². The molecule has 0 radical (unpaired) electrons. The number of carbonyl (C=O) groups is 1. The van der Waals surface area contributed by atoms with Gasteiger partial charge in [0.1, 0.15) is 5.69 Å². The number of pyridine rings is 1. The van der Waals surface area contributed by atoms with Gasteiger partial charge in [-0.2, -0.15) is 0 Å². The molecular formula is C21H25Cl2N3O2. The minimum Gasteiger partial charge on any atom is -0.463 e. The number of nitrogens with two attached hydrogens (primary N) is 1. The van der Waals surface area contributed by atoms with Gasteiger partial charge in [0, 0.05) is 24.5 Å². The first-order valence-electron chi connectivity index (χ1n) is 8.94. The van der Waals surface area contributed by atoms with Crippen LogP contribution in [0.25, 0.3) is 22.4 Å². The van der Waals surface area contributed by atoms with Crippen LogP contribution in [0.15, 0.2) is 53.1 Å². The van der Waals surface area contributed by atoms with Crippen LogP contribution in [-0.4, -0.2) is 34.9 Å². The van der Waals surface area contributed by atoms with Crippen molar-refractivity contribution >= 4 is 41.6 Å². The number of rotatable bonds is 2. The van der Waals surface area contributed by atoms with Gasteiger partial charge in [0.25, 0.3) is 5.91 Å². The van der Waals surface area contributed by atoms with E-state index in [4.69, 9.17) is 10.2 Å². The highest BCUT2D eigenvalue weighted by molar-refractivity contribution is 6.07. The van der Waals surface area contributed by atoms with Crippen LogP contribution >= 0.6 is 24.8 Å². The summed E-state index contributed by atoms with van der Waals surface area (Å²) in [6.45, 7) is 5.57. The molecule has 1 aliphatic rings. The molecule has 28 heavy (non-hydrogen) atoms. The van der Waals surface area contributed by atoms with Crippen molar-refractivity contribution in [1.29, 1.82) is 0 Å². The highest BCUT2D eigenvalue weighted by Crippen LogP contribution is 2.31. The number of amides is 1. The summed E-state index contributed by atoms with van der Waals surface area (Å²) in [5.41, 5.74) is 8.26. The summed E-state index contributed by atoms with van der Waals surface area (Å²) < 4.78 is 5.49. The number of hydrogen-bond acceptors (Lipinski definition) is 4. The number of benzene rings is 1. The van der Waals surface area contributed by atoms with Gasteiger partial charge < -0.3 is 15.1 Å². The smallest absolute Gasteiger partial charge is 0.254 e. The second-order valence-electron chi connectivity index (χ2n) is 7.66. The van der Waals surface area contributed by atoms with Crippen LogP contribution in [0.3, 0.4) is 0 Å². The van der Waals surface area contributed by atoms with Gasteiger partial charge in [0.05, 0.1) is 17.3 Å². The molecule has 7 heteroatoms. The van der Waals surface area contributed by atoms with Crippen molar-refractivity contribution in [2.45, 2.75) is 26.3 Å². The lowest BCUT2D eigenvalue weighted by Crippen LogP contribution is -2.54. The van der Waals surface area contributed by atoms with Crippen molar-refractivity contribution < 1.29 is 9.21 Å². The van der Waals surface area contributed by atoms with Crippen LogP contribution in [0.4, 0.5) is 0 Å². The Balaban J connectivity index is 0.00000140. The number of para-hydroxylation sites is 1. The summed E-state index contributed by atoms with van der Waals surface area (Å²) in [6.07, 6.45) is 2.43. The number of halogens is 2. The zero-order valence-corrected chi connectivity index (χ0v) is 17.6. The van der Waals surface area contributed by atoms with Crippen LogP contribution in [0, 0.1) is 5.41 Å². The molecule has 5 nitrogen and oxygen atoms in total. The minimum absolute atomic E-state index is 0. The molecule has 3 aromatic rings. The van der Waals surface area contributed by atoms with E-state index < -0.39 is 0 Å². The van der Waals surface area contributed by atoms with Crippen LogP contribution in [0.5, 0.6) is 0 Å². The second-order valence-corrected chi connectivity index (χ2v) is 7.66. The van der Waals surface area contributed by atoms with E-state index in [9.17, 15) is 4.79 Å². The SMILES string of the molecule is CC1(C)CN(C(=O)c2cc(-c3ccco3)nc3ccccc23)CCC1N.Cl.Cl. The number of furan rings is 1. The van der Waals surface area contributed by atoms with Crippen molar-refractivity contribution in [3.63, 3.8) is 0 Å². The number of aromatic nitrogens is 1. The Kier molecular flexibility index (Phi) is 6.75. The molecule has 1 aliphatic heterocycles. The summed E-state index contributed by atoms with van der Waals surface area (Å²) in [7, 11) is 0. The summed E-state index contributed by atoms with van der Waals surface area (Å²) in [4.78, 5) is 19.9. The van der Waals surface area contributed by atoms with Crippen LogP contribution in [-0.2, 0) is 0 Å². The number of likely N-dealkylation sites (tertiary alicyclic amines) is 1. The third-order valence-electron chi connectivity index (χ3n) is 5.32. The Morgan fingerprint density at radius 3 is 2.64 bits per heavy atom. The van der Waals surface area contributed by atoms with E-state index in [1.807, 2.05) is 47.4 Å². The van der Waals surface area contributed by atoms with E-state index in [1.54, 1.807) is 6.26 Å². The average Bonchev–Trinajstić information content (AvgIpc) is 3.17. The maximum atomic E-state index is 13.4. The van der Waals surface area contributed by atoms with Gasteiger partial charge in [-0.1, -0.05) is 32.0 Å². The molecular weight excluding hydrogens is 397 g/mol. The molecule has 0 spiro atoms. The lowest BCUT2D eigenvalue weighted by atomic mass is 9.79. The van der Waals surface area contributed by atoms with Crippen molar-refractivity contribution in [1.82, 2.24) is 9.88 Å². The molecule has 1 unspecified atom stereocenters. The van der Waals surface area contributed by atoms with Gasteiger partial charge in [-0.15, -0.1) is 24.8 Å². The molecule has 1 atom stereocenters. The van der Waals surface area contributed by atoms with Gasteiger partial charge >= 0.3 is 0 Å². The fraction of sp³-hybridized carbons (Fsp3) is 0.333. The number of hydrogen-bond donors (Lipinski definition) is 1. The molecule has 2 aromatic heterocycles. The Bertz CT molecular complexity index is 957. The van der Waals surface area contributed by atoms with Crippen molar-refractivity contribution in [3.8, 4) is 11.5 Å². The monoisotopic (exact) mass is 421 g/mol. The summed E-state index contributed by atoms with van der Waals surface area (Å²) in [5, 5.41) is 0.862. The van der Waals surface area contributed by atoms with Gasteiger partial charge in [0.15, 0.2) is 5.76 Å². The van der Waals surface area contributed by atoms with Crippen LogP contribution in [0.2, 0.25) is 0 Å². The predicted molar refractivity (Wildman–Crippen MR) is 116 cm³/mol. The summed E-state index contributed by atoms with van der Waals surface area (Å²) >= 11 is 0. The topological polar surface area (TPSA) is 72.4 Å². The van der Waals surface area contributed by atoms with Gasteiger partial charge in [-0.3, -0.25) is 4.79 Å². The first kappa shape index (κ1) is 22.2. The first-order chi connectivity index (χ1) is 12.5. The molecule has 1 saturated heterocycles. The molecule has 0 aliphatic carbocycles. The third kappa shape index (κ3) is 4.02. The molecule has 0 saturated carbocycles. The lowest BCUT2D eigenvalue weighted by Gasteiger charge is -2.42. The highest BCUT2D eigenvalue weighted by atomic mass is 35.5. The lowest BCUT2D eigenvalue weighted by molar-refractivity contribution is 0.0535. The Labute approximate surface area is 177 Å². The zero-order valence-electron chi connectivity index (χ0n) is 15.9. The van der Waals surface area contributed by atoms with E-state index in [0.29, 0.717) is 30.1 Å². The van der Waals surface area contributed by atoms with Crippen LogP contribution in [0.1, 0.15) is 30.6 Å². The third-order valence-corrected chi connectivity index (χ3v) is 5.32. The van der Waals surface area contributed by atoms with Crippen molar-refractivity contribution in [2.75, 3.05) is 13.1 Å². The van der Waals surface area contributed by atoms with E-state index in [0.717, 1.165) is 17.3 Å². The van der Waals surface area contributed by atoms with E-state index in [1.165, 1.54) is 0 Å². The molecule has 2 N–H and O–H groups in total. The molecule has 1 fully saturated rings. The molecule has 1 aromatic carbocycles. The number of nitrogens with zero attached hydrogens (tertiary/aromatic N) is 2. The van der Waals surface area contributed by atoms with Gasteiger partial charge in [0.2, 0.25) is 0 Å². The zero-order chi connectivity index (χ0) is 18.3. The largest absolute Gasteiger partial charge is 0.463 e. The van der Waals surface area contributed by atoms with Crippen molar-refractivity contribution in [2.24, 2.45) is 11.1 Å². The number of fused-ring (bicyclic) bond motifs is 1. The maximum Gasteiger partial charge on any atom is 0.254 e. The Morgan fingerprint density at radius 2 is 1.96 bits per heavy atom. The molecule has 0 bridgehead atoms. The first-order valence-corrected chi connectivity index (χ1v) is 8.94. The summed E-state index contributed by atoms with van der Waals surface area (Å²) in [5.74, 6) is 0.683. The van der Waals surface area contributed by atoms with Gasteiger partial charge in [-0.25, -0.2) is 4.98 Å². The minimum atomic E-state index is -0.0966. The predicted octanol–water partition coefficient (Wildman–Crippen LogP) is 4.54. The quantitative estimate of drug-likeness (QED) is 0.658. The molecule has 4 rings (SSSR count). The summed E-state index contributed by atoms with van der Waals surface area (Å²) in [6, 6.07) is 13.4. The fourth-order valence-corrected chi connectivity index (χ4v) is 3.62. The molecule has 3 heterocycles. The average molecular weight is 422 g/mol. The Morgan fingerprint density at radius 1 is 1.21 bits per heavy atom. The standard InChI is InChI=1S/C21H23N3O2.2ClH/c1-21(2)13-24(10-9-19(21)22)20(25)15-12-17(18-8-5-11-26-18)23-16-7-4-3-6-14(15)16;;/h3-8,11-12,19H,9-10,13,22H2,1-2H3;2*1H. The number of carbonyl (C=O) groups excluding carboxylic acids is 1. The van der Waals surface area contributed by atoms with E-state index in [-0.39, 0.29) is 42.2 Å². The maximum absolute atomic E-state index is 13.4. The second kappa shape index (κ2) is 8.52. The van der Waals surface area contributed by atoms with Gasteiger partial charge in [-0.05, 0) is 36.1 Å².